The molecule has 1 heteroatoms. The van der Waals surface area contributed by atoms with E-state index in [0.717, 1.165) is 0 Å². The van der Waals surface area contributed by atoms with Gasteiger partial charge in [-0.05, 0) is 0 Å². The number of hydrogen-bond acceptors (Lipinski definition) is 0. The third-order valence-electron chi connectivity index (χ3n) is 1.60. The fraction of sp³-hybridized carbons (Fsp3) is 0.875. The molecule has 1 radical (unpaired) electrons. The molecule has 0 aliphatic carbocycles. The molecule has 0 amide bonds. The van der Waals surface area contributed by atoms with Crippen LogP contribution in [0, 0.1) is 6.55 Å². The molecule has 0 aliphatic heterocycles. The lowest BCUT2D eigenvalue weighted by atomic mass is 10.2. The summed E-state index contributed by atoms with van der Waals surface area (Å²) in [5, 5.41) is 0. The zero-order valence-corrected chi connectivity index (χ0v) is 8.07. The van der Waals surface area contributed by atoms with Crippen LogP contribution in [0.15, 0.2) is 0 Å². The van der Waals surface area contributed by atoms with Gasteiger partial charge in [0.2, 0.25) is 0 Å². The van der Waals surface area contributed by atoms with Gasteiger partial charge in [0.1, 0.15) is 0 Å². The van der Waals surface area contributed by atoms with E-state index in [4.69, 9.17) is 0 Å². The Balaban J connectivity index is 2.60. The monoisotopic (exact) mass is 143 g/mol. The van der Waals surface area contributed by atoms with Crippen LogP contribution in [-0.2, 0) is 0 Å². The lowest BCUT2D eigenvalue weighted by molar-refractivity contribution is 0.655. The van der Waals surface area contributed by atoms with E-state index in [1.165, 1.54) is 38.1 Å². The maximum absolute atomic E-state index is 3.94. The molecule has 0 N–H and O–H groups in total. The van der Waals surface area contributed by atoms with Crippen molar-refractivity contribution in [2.45, 2.75) is 45.1 Å². The lowest BCUT2D eigenvalue weighted by Gasteiger charge is -1.95. The van der Waals surface area contributed by atoms with Crippen LogP contribution in [0.3, 0.4) is 0 Å². The van der Waals surface area contributed by atoms with E-state index in [-0.39, 0.29) is 9.52 Å². The Morgan fingerprint density at radius 1 is 1.11 bits per heavy atom. The molecule has 0 saturated carbocycles. The summed E-state index contributed by atoms with van der Waals surface area (Å²) in [5.41, 5.74) is 0. The first-order valence-corrected chi connectivity index (χ1v) is 6.21. The largest absolute Gasteiger partial charge is 0.0656 e. The van der Waals surface area contributed by atoms with Gasteiger partial charge in [-0.15, -0.1) is 0 Å². The third-order valence-corrected chi connectivity index (χ3v) is 2.60. The highest BCUT2D eigenvalue weighted by Crippen LogP contribution is 2.03. The van der Waals surface area contributed by atoms with Gasteiger partial charge in [0.25, 0.3) is 0 Å². The molecule has 0 fully saturated rings. The molecule has 0 spiro atoms. The van der Waals surface area contributed by atoms with E-state index in [0.29, 0.717) is 0 Å². The van der Waals surface area contributed by atoms with Crippen molar-refractivity contribution < 1.29 is 0 Å². The van der Waals surface area contributed by atoms with Gasteiger partial charge < -0.3 is 0 Å². The summed E-state index contributed by atoms with van der Waals surface area (Å²) in [6, 6.07) is 1.46. The zero-order valence-electron chi connectivity index (χ0n) is 6.66. The minimum atomic E-state index is 0.130. The Bertz CT molecular complexity index is 37.8. The van der Waals surface area contributed by atoms with Gasteiger partial charge in [0, 0.05) is 9.52 Å². The van der Waals surface area contributed by atoms with Crippen molar-refractivity contribution in [1.29, 1.82) is 0 Å². The molecule has 0 aromatic heterocycles. The number of hydrogen-bond donors (Lipinski definition) is 0. The molecule has 0 saturated heterocycles. The van der Waals surface area contributed by atoms with Crippen LogP contribution in [0.2, 0.25) is 6.04 Å². The van der Waals surface area contributed by atoms with Crippen LogP contribution >= 0.6 is 0 Å². The molecule has 0 nitrogen and oxygen atoms in total. The Kier molecular flexibility index (Phi) is 8.41. The summed E-state index contributed by atoms with van der Waals surface area (Å²) >= 11 is 0. The maximum Gasteiger partial charge on any atom is 0.0194 e. The molecule has 0 aliphatic rings. The summed E-state index contributed by atoms with van der Waals surface area (Å²) in [4.78, 5) is 0. The van der Waals surface area contributed by atoms with Crippen molar-refractivity contribution in [3.8, 4) is 0 Å². The summed E-state index contributed by atoms with van der Waals surface area (Å²) in [5.74, 6) is 0. The van der Waals surface area contributed by atoms with Crippen LogP contribution in [0.1, 0.15) is 39.0 Å². The van der Waals surface area contributed by atoms with Gasteiger partial charge in [-0.25, -0.2) is 0 Å². The molecular weight excluding hydrogens is 124 g/mol. The van der Waals surface area contributed by atoms with Crippen LogP contribution in [-0.4, -0.2) is 9.52 Å². The molecule has 55 valence electrons. The average Bonchev–Trinajstić information content (AvgIpc) is 1.89. The van der Waals surface area contributed by atoms with Crippen molar-refractivity contribution in [3.05, 3.63) is 6.55 Å². The second-order valence-corrected chi connectivity index (χ2v) is 4.04. The highest BCUT2D eigenvalue weighted by molar-refractivity contribution is 6.37. The first-order chi connectivity index (χ1) is 4.41. The minimum absolute atomic E-state index is 0.130. The molecule has 0 aromatic rings. The summed E-state index contributed by atoms with van der Waals surface area (Å²) < 4.78 is 0. The van der Waals surface area contributed by atoms with Crippen LogP contribution in [0.4, 0.5) is 0 Å². The predicted molar refractivity (Wildman–Crippen MR) is 47.5 cm³/mol. The topological polar surface area (TPSA) is 0 Å². The fourth-order valence-corrected chi connectivity index (χ4v) is 1.66. The Labute approximate surface area is 61.9 Å². The van der Waals surface area contributed by atoms with Crippen molar-refractivity contribution in [1.82, 2.24) is 0 Å². The summed E-state index contributed by atoms with van der Waals surface area (Å²) in [7, 11) is 0.130. The predicted octanol–water partition coefficient (Wildman–Crippen LogP) is 2.34. The molecule has 0 unspecified atom stereocenters. The van der Waals surface area contributed by atoms with Crippen molar-refractivity contribution >= 4 is 9.52 Å². The first-order valence-electron chi connectivity index (χ1n) is 4.21. The Morgan fingerprint density at radius 2 is 1.78 bits per heavy atom. The van der Waals surface area contributed by atoms with Gasteiger partial charge in [0.15, 0.2) is 0 Å². The van der Waals surface area contributed by atoms with E-state index in [1.807, 2.05) is 0 Å². The van der Waals surface area contributed by atoms with Gasteiger partial charge in [0.05, 0.1) is 0 Å². The van der Waals surface area contributed by atoms with Crippen LogP contribution in [0.5, 0.6) is 0 Å². The standard InChI is InChI=1S/C8H19Si/c1-3-4-5-6-7-8-9-2/h2-9H2,1H3. The third kappa shape index (κ3) is 8.22. The number of unbranched alkanes of at least 4 members (excludes halogenated alkanes) is 4. The second kappa shape index (κ2) is 8.22. The van der Waals surface area contributed by atoms with Crippen LogP contribution < -0.4 is 0 Å². The van der Waals surface area contributed by atoms with Crippen molar-refractivity contribution in [2.24, 2.45) is 0 Å². The van der Waals surface area contributed by atoms with E-state index < -0.39 is 0 Å². The molecular formula is C8H19Si. The Morgan fingerprint density at radius 3 is 2.33 bits per heavy atom. The molecule has 0 rings (SSSR count). The molecule has 0 aromatic carbocycles. The smallest absolute Gasteiger partial charge is 0.0194 e. The quantitative estimate of drug-likeness (QED) is 0.395. The SMILES string of the molecule is [CH2][SiH2]CCCCCCC. The van der Waals surface area contributed by atoms with Crippen molar-refractivity contribution in [3.63, 3.8) is 0 Å². The molecule has 9 heavy (non-hydrogen) atoms. The van der Waals surface area contributed by atoms with E-state index >= 15 is 0 Å². The highest BCUT2D eigenvalue weighted by atomic mass is 28.2. The minimum Gasteiger partial charge on any atom is -0.0656 e. The summed E-state index contributed by atoms with van der Waals surface area (Å²) in [6.07, 6.45) is 7.15. The lowest BCUT2D eigenvalue weighted by Crippen LogP contribution is -1.82. The maximum atomic E-state index is 3.94. The van der Waals surface area contributed by atoms with E-state index in [2.05, 4.69) is 13.5 Å². The molecule has 0 atom stereocenters. The van der Waals surface area contributed by atoms with Gasteiger partial charge in [-0.1, -0.05) is 51.6 Å². The Hall–Kier alpha value is 0.217. The first kappa shape index (κ1) is 9.22. The van der Waals surface area contributed by atoms with Gasteiger partial charge in [-0.2, -0.15) is 0 Å². The van der Waals surface area contributed by atoms with E-state index in [9.17, 15) is 0 Å². The van der Waals surface area contributed by atoms with E-state index in [1.54, 1.807) is 0 Å². The van der Waals surface area contributed by atoms with Crippen molar-refractivity contribution in [2.75, 3.05) is 0 Å². The average molecular weight is 143 g/mol. The molecule has 0 heterocycles. The van der Waals surface area contributed by atoms with Gasteiger partial charge in [-0.3, -0.25) is 0 Å². The highest BCUT2D eigenvalue weighted by Gasteiger charge is 1.86. The normalized spacial score (nSPS) is 11.3. The fourth-order valence-electron chi connectivity index (χ4n) is 0.957. The van der Waals surface area contributed by atoms with Gasteiger partial charge >= 0.3 is 0 Å². The number of rotatable bonds is 6. The second-order valence-electron chi connectivity index (χ2n) is 2.62. The molecule has 0 bridgehead atoms. The zero-order chi connectivity index (χ0) is 6.95. The summed E-state index contributed by atoms with van der Waals surface area (Å²) in [6.45, 7) is 6.20. The van der Waals surface area contributed by atoms with Crippen LogP contribution in [0.25, 0.3) is 0 Å².